The van der Waals surface area contributed by atoms with E-state index >= 15 is 0 Å². The molecule has 29 heavy (non-hydrogen) atoms. The minimum atomic E-state index is -0.380. The zero-order valence-electron chi connectivity index (χ0n) is 16.0. The number of benzene rings is 2. The molecule has 2 heterocycles. The fourth-order valence-corrected chi connectivity index (χ4v) is 3.17. The summed E-state index contributed by atoms with van der Waals surface area (Å²) in [6, 6.07) is 10.0. The van der Waals surface area contributed by atoms with E-state index in [1.165, 1.54) is 0 Å². The summed E-state index contributed by atoms with van der Waals surface area (Å²) >= 11 is 0. The molecule has 7 nitrogen and oxygen atoms in total. The standard InChI is InChI=1S/C21H21FN4O3/c1-2-19-25-18(26-29-19)12-28-15-6-3-13(4-7-15)21(27)24-17-8-5-14-11-23-10-9-16(14)20(17)22/h3-8,23H,2,9-12H2,1H3,(H,24,27). The molecule has 1 aliphatic heterocycles. The summed E-state index contributed by atoms with van der Waals surface area (Å²) in [6.45, 7) is 3.47. The van der Waals surface area contributed by atoms with Gasteiger partial charge in [-0.1, -0.05) is 18.1 Å². The number of carbonyl (C=O) groups excluding carboxylic acids is 1. The van der Waals surface area contributed by atoms with Crippen LogP contribution in [0, 0.1) is 5.82 Å². The Morgan fingerprint density at radius 3 is 2.86 bits per heavy atom. The highest BCUT2D eigenvalue weighted by atomic mass is 19.1. The molecule has 1 amide bonds. The number of hydrogen-bond donors (Lipinski definition) is 2. The van der Waals surface area contributed by atoms with E-state index in [4.69, 9.17) is 9.26 Å². The van der Waals surface area contributed by atoms with Gasteiger partial charge in [-0.25, -0.2) is 4.39 Å². The van der Waals surface area contributed by atoms with Gasteiger partial charge in [0.2, 0.25) is 11.7 Å². The van der Waals surface area contributed by atoms with Crippen molar-refractivity contribution in [3.05, 3.63) is 70.6 Å². The Morgan fingerprint density at radius 2 is 2.10 bits per heavy atom. The van der Waals surface area contributed by atoms with E-state index in [1.54, 1.807) is 30.3 Å². The fourth-order valence-electron chi connectivity index (χ4n) is 3.17. The van der Waals surface area contributed by atoms with Crippen molar-refractivity contribution in [3.8, 4) is 5.75 Å². The number of amides is 1. The number of aromatic nitrogens is 2. The van der Waals surface area contributed by atoms with Gasteiger partial charge in [-0.05, 0) is 54.4 Å². The molecule has 0 bridgehead atoms. The molecular weight excluding hydrogens is 375 g/mol. The Morgan fingerprint density at radius 1 is 1.28 bits per heavy atom. The van der Waals surface area contributed by atoms with E-state index in [-0.39, 0.29) is 24.0 Å². The van der Waals surface area contributed by atoms with Gasteiger partial charge in [-0.2, -0.15) is 4.98 Å². The van der Waals surface area contributed by atoms with Crippen LogP contribution < -0.4 is 15.4 Å². The molecule has 0 spiro atoms. The Kier molecular flexibility index (Phi) is 5.53. The first kappa shape index (κ1) is 19.1. The van der Waals surface area contributed by atoms with Crippen LogP contribution in [0.15, 0.2) is 40.9 Å². The highest BCUT2D eigenvalue weighted by molar-refractivity contribution is 6.04. The number of nitrogens with one attached hydrogen (secondary N) is 2. The van der Waals surface area contributed by atoms with Crippen LogP contribution in [0.3, 0.4) is 0 Å². The summed E-state index contributed by atoms with van der Waals surface area (Å²) < 4.78 is 25.3. The van der Waals surface area contributed by atoms with Crippen LogP contribution >= 0.6 is 0 Å². The van der Waals surface area contributed by atoms with Gasteiger partial charge in [0, 0.05) is 18.5 Å². The number of anilines is 1. The summed E-state index contributed by atoms with van der Waals surface area (Å²) in [5, 5.41) is 9.68. The molecule has 150 valence electrons. The van der Waals surface area contributed by atoms with E-state index < -0.39 is 0 Å². The quantitative estimate of drug-likeness (QED) is 0.665. The van der Waals surface area contributed by atoms with Gasteiger partial charge in [-0.3, -0.25) is 4.79 Å². The van der Waals surface area contributed by atoms with E-state index in [2.05, 4.69) is 20.8 Å². The second kappa shape index (κ2) is 8.40. The summed E-state index contributed by atoms with van der Waals surface area (Å²) in [4.78, 5) is 16.7. The SMILES string of the molecule is CCc1nc(COc2ccc(C(=O)Nc3ccc4c(c3F)CCNC4)cc2)no1. The van der Waals surface area contributed by atoms with Crippen LogP contribution in [0.2, 0.25) is 0 Å². The number of fused-ring (bicyclic) bond motifs is 1. The van der Waals surface area contributed by atoms with Gasteiger partial charge in [0.1, 0.15) is 11.6 Å². The second-order valence-electron chi connectivity index (χ2n) is 6.72. The van der Waals surface area contributed by atoms with Crippen LogP contribution in [-0.2, 0) is 26.0 Å². The molecule has 0 radical (unpaired) electrons. The van der Waals surface area contributed by atoms with Crippen molar-refractivity contribution in [1.29, 1.82) is 0 Å². The third-order valence-electron chi connectivity index (χ3n) is 4.75. The average Bonchev–Trinajstić information content (AvgIpc) is 3.23. The van der Waals surface area contributed by atoms with Crippen LogP contribution in [0.1, 0.15) is 40.1 Å². The van der Waals surface area contributed by atoms with E-state index in [0.717, 1.165) is 12.1 Å². The van der Waals surface area contributed by atoms with Gasteiger partial charge in [0.25, 0.3) is 5.91 Å². The van der Waals surface area contributed by atoms with Crippen LogP contribution in [0.25, 0.3) is 0 Å². The van der Waals surface area contributed by atoms with Crippen LogP contribution in [0.4, 0.5) is 10.1 Å². The van der Waals surface area contributed by atoms with Crippen molar-refractivity contribution in [2.45, 2.75) is 32.9 Å². The van der Waals surface area contributed by atoms with Crippen molar-refractivity contribution < 1.29 is 18.4 Å². The Bertz CT molecular complexity index is 1020. The summed E-state index contributed by atoms with van der Waals surface area (Å²) in [6.07, 6.45) is 1.27. The van der Waals surface area contributed by atoms with Gasteiger partial charge in [0.15, 0.2) is 6.61 Å². The second-order valence-corrected chi connectivity index (χ2v) is 6.72. The van der Waals surface area contributed by atoms with Crippen molar-refractivity contribution in [2.75, 3.05) is 11.9 Å². The van der Waals surface area contributed by atoms with Crippen molar-refractivity contribution in [1.82, 2.24) is 15.5 Å². The van der Waals surface area contributed by atoms with Crippen molar-refractivity contribution >= 4 is 11.6 Å². The molecule has 8 heteroatoms. The molecule has 0 atom stereocenters. The molecule has 2 aromatic carbocycles. The molecule has 1 aliphatic rings. The van der Waals surface area contributed by atoms with Gasteiger partial charge >= 0.3 is 0 Å². The average molecular weight is 396 g/mol. The lowest BCUT2D eigenvalue weighted by Crippen LogP contribution is -2.25. The largest absolute Gasteiger partial charge is 0.485 e. The first-order chi connectivity index (χ1) is 14.1. The predicted octanol–water partition coefficient (Wildman–Crippen LogP) is 3.25. The molecule has 0 saturated heterocycles. The summed E-state index contributed by atoms with van der Waals surface area (Å²) in [5.74, 6) is 0.846. The smallest absolute Gasteiger partial charge is 0.255 e. The molecule has 0 saturated carbocycles. The minimum Gasteiger partial charge on any atom is -0.485 e. The third-order valence-corrected chi connectivity index (χ3v) is 4.75. The molecule has 0 aliphatic carbocycles. The van der Waals surface area contributed by atoms with Gasteiger partial charge in [-0.15, -0.1) is 0 Å². The number of carbonyl (C=O) groups is 1. The van der Waals surface area contributed by atoms with E-state index in [9.17, 15) is 9.18 Å². The van der Waals surface area contributed by atoms with Crippen molar-refractivity contribution in [2.24, 2.45) is 0 Å². The van der Waals surface area contributed by atoms with Crippen molar-refractivity contribution in [3.63, 3.8) is 0 Å². The first-order valence-electron chi connectivity index (χ1n) is 9.50. The summed E-state index contributed by atoms with van der Waals surface area (Å²) in [5.41, 5.74) is 2.20. The lowest BCUT2D eigenvalue weighted by atomic mass is 9.99. The molecule has 0 fully saturated rings. The monoisotopic (exact) mass is 396 g/mol. The lowest BCUT2D eigenvalue weighted by Gasteiger charge is -2.19. The summed E-state index contributed by atoms with van der Waals surface area (Å²) in [7, 11) is 0. The zero-order chi connectivity index (χ0) is 20.2. The predicted molar refractivity (Wildman–Crippen MR) is 104 cm³/mol. The normalized spacial score (nSPS) is 13.0. The number of ether oxygens (including phenoxy) is 1. The Hall–Kier alpha value is -3.26. The lowest BCUT2D eigenvalue weighted by molar-refractivity contribution is 0.102. The minimum absolute atomic E-state index is 0.171. The van der Waals surface area contributed by atoms with Gasteiger partial charge in [0.05, 0.1) is 5.69 Å². The van der Waals surface area contributed by atoms with Crippen LogP contribution in [-0.4, -0.2) is 22.6 Å². The van der Waals surface area contributed by atoms with E-state index in [1.807, 2.05) is 13.0 Å². The maximum Gasteiger partial charge on any atom is 0.255 e. The molecule has 4 rings (SSSR count). The Labute approximate surface area is 167 Å². The first-order valence-corrected chi connectivity index (χ1v) is 9.50. The zero-order valence-corrected chi connectivity index (χ0v) is 16.0. The maximum atomic E-state index is 14.7. The van der Waals surface area contributed by atoms with Gasteiger partial charge < -0.3 is 19.9 Å². The molecule has 3 aromatic rings. The fraction of sp³-hybridized carbons (Fsp3) is 0.286. The van der Waals surface area contributed by atoms with Crippen LogP contribution in [0.5, 0.6) is 5.75 Å². The third kappa shape index (κ3) is 4.27. The number of nitrogens with zero attached hydrogens (tertiary/aromatic N) is 2. The topological polar surface area (TPSA) is 89.3 Å². The molecule has 0 unspecified atom stereocenters. The number of rotatable bonds is 6. The maximum absolute atomic E-state index is 14.7. The highest BCUT2D eigenvalue weighted by Gasteiger charge is 2.18. The highest BCUT2D eigenvalue weighted by Crippen LogP contribution is 2.25. The molecule has 2 N–H and O–H groups in total. The number of aryl methyl sites for hydroxylation is 1. The number of halogens is 1. The molecule has 1 aromatic heterocycles. The van der Waals surface area contributed by atoms with E-state index in [0.29, 0.717) is 48.0 Å². The number of hydrogen-bond acceptors (Lipinski definition) is 6. The Balaban J connectivity index is 1.39. The molecular formula is C21H21FN4O3.